The van der Waals surface area contributed by atoms with Crippen LogP contribution in [0.15, 0.2) is 23.1 Å². The molecule has 1 aliphatic rings. The minimum absolute atomic E-state index is 0.0886. The maximum Gasteiger partial charge on any atom is 0.306 e. The highest BCUT2D eigenvalue weighted by Gasteiger charge is 2.28. The molecule has 0 atom stereocenters. The highest BCUT2D eigenvalue weighted by molar-refractivity contribution is 7.89. The summed E-state index contributed by atoms with van der Waals surface area (Å²) in [6, 6.07) is 4.40. The number of sulfonamides is 1. The highest BCUT2D eigenvalue weighted by Crippen LogP contribution is 2.27. The summed E-state index contributed by atoms with van der Waals surface area (Å²) in [7, 11) is -0.632. The van der Waals surface area contributed by atoms with Crippen LogP contribution in [0, 0.1) is 0 Å². The van der Waals surface area contributed by atoms with E-state index in [-0.39, 0.29) is 28.8 Å². The molecule has 1 aromatic carbocycles. The van der Waals surface area contributed by atoms with Crippen LogP contribution in [0.25, 0.3) is 0 Å². The number of esters is 1. The zero-order valence-corrected chi connectivity index (χ0v) is 20.7. The van der Waals surface area contributed by atoms with Crippen molar-refractivity contribution in [3.05, 3.63) is 23.8 Å². The van der Waals surface area contributed by atoms with Crippen molar-refractivity contribution in [2.45, 2.75) is 69.8 Å². The van der Waals surface area contributed by atoms with Crippen LogP contribution in [0.2, 0.25) is 0 Å². The molecule has 32 heavy (non-hydrogen) atoms. The Labute approximate surface area is 191 Å². The van der Waals surface area contributed by atoms with E-state index in [0.29, 0.717) is 31.8 Å². The number of benzene rings is 1. The molecule has 0 aromatic heterocycles. The van der Waals surface area contributed by atoms with Gasteiger partial charge >= 0.3 is 5.97 Å². The van der Waals surface area contributed by atoms with Crippen LogP contribution in [0.3, 0.4) is 0 Å². The molecule has 0 radical (unpaired) electrons. The third-order valence-electron chi connectivity index (χ3n) is 5.25. The van der Waals surface area contributed by atoms with E-state index in [1.54, 1.807) is 27.8 Å². The lowest BCUT2D eigenvalue weighted by Crippen LogP contribution is -2.32. The summed E-state index contributed by atoms with van der Waals surface area (Å²) >= 11 is 0. The highest BCUT2D eigenvalue weighted by atomic mass is 32.2. The molecule has 0 bridgehead atoms. The molecule has 1 heterocycles. The summed E-state index contributed by atoms with van der Waals surface area (Å²) < 4.78 is 38.4. The summed E-state index contributed by atoms with van der Waals surface area (Å²) in [6.07, 6.45) is 4.34. The number of rotatable bonds is 8. The van der Waals surface area contributed by atoms with Crippen LogP contribution in [0.4, 0.5) is 0 Å². The molecule has 0 unspecified atom stereocenters. The lowest BCUT2D eigenvalue weighted by Gasteiger charge is -2.22. The Morgan fingerprint density at radius 2 is 1.72 bits per heavy atom. The van der Waals surface area contributed by atoms with E-state index >= 15 is 0 Å². The average molecular weight is 469 g/mol. The number of hydrogen-bond acceptors (Lipinski definition) is 6. The molecule has 8 nitrogen and oxygen atoms in total. The van der Waals surface area contributed by atoms with Gasteiger partial charge in [-0.3, -0.25) is 9.59 Å². The summed E-state index contributed by atoms with van der Waals surface area (Å²) in [5.74, 6) is -0.371. The van der Waals surface area contributed by atoms with Crippen molar-refractivity contribution in [1.29, 1.82) is 0 Å². The second-order valence-corrected chi connectivity index (χ2v) is 11.0. The van der Waals surface area contributed by atoms with Crippen LogP contribution < -0.4 is 4.74 Å². The maximum absolute atomic E-state index is 13.2. The zero-order valence-electron chi connectivity index (χ0n) is 19.8. The molecule has 1 aliphatic heterocycles. The fraction of sp³-hybridized carbons (Fsp3) is 0.652. The van der Waals surface area contributed by atoms with Gasteiger partial charge in [0.1, 0.15) is 11.4 Å². The molecule has 2 rings (SSSR count). The molecule has 9 heteroatoms. The quantitative estimate of drug-likeness (QED) is 0.543. The molecule has 0 aliphatic carbocycles. The second kappa shape index (κ2) is 11.1. The first-order valence-electron chi connectivity index (χ1n) is 11.1. The first-order chi connectivity index (χ1) is 15.0. The minimum atomic E-state index is -3.69. The molecule has 1 aromatic rings. The fourth-order valence-electron chi connectivity index (χ4n) is 3.61. The van der Waals surface area contributed by atoms with Gasteiger partial charge in [0, 0.05) is 33.1 Å². The number of carbonyl (C=O) groups is 2. The van der Waals surface area contributed by atoms with Gasteiger partial charge in [-0.25, -0.2) is 8.42 Å². The maximum atomic E-state index is 13.2. The number of nitrogens with zero attached hydrogens (tertiary/aromatic N) is 2. The Morgan fingerprint density at radius 3 is 2.28 bits per heavy atom. The number of carbonyl (C=O) groups excluding carboxylic acids is 2. The molecular formula is C23H36N2O6S. The predicted octanol–water partition coefficient (Wildman–Crippen LogP) is 3.45. The SMILES string of the molecule is COc1ccc(S(=O)(=O)N2CCCCCC2)cc1C(=O)N(C)CCCC(=O)OC(C)(C)C. The zero-order chi connectivity index (χ0) is 23.9. The van der Waals surface area contributed by atoms with Gasteiger partial charge in [0.05, 0.1) is 17.6 Å². The lowest BCUT2D eigenvalue weighted by molar-refractivity contribution is -0.154. The summed E-state index contributed by atoms with van der Waals surface area (Å²) in [5, 5.41) is 0. The van der Waals surface area contributed by atoms with Gasteiger partial charge in [0.25, 0.3) is 5.91 Å². The first-order valence-corrected chi connectivity index (χ1v) is 12.6. The number of ether oxygens (including phenoxy) is 2. The number of methoxy groups -OCH3 is 1. The second-order valence-electron chi connectivity index (χ2n) is 9.10. The van der Waals surface area contributed by atoms with Gasteiger partial charge in [-0.2, -0.15) is 4.31 Å². The minimum Gasteiger partial charge on any atom is -0.496 e. The molecule has 0 spiro atoms. The van der Waals surface area contributed by atoms with Crippen LogP contribution in [-0.2, 0) is 19.6 Å². The molecular weight excluding hydrogens is 432 g/mol. The monoisotopic (exact) mass is 468 g/mol. The molecule has 1 saturated heterocycles. The van der Waals surface area contributed by atoms with Gasteiger partial charge in [-0.05, 0) is 58.2 Å². The summed E-state index contributed by atoms with van der Waals surface area (Å²) in [4.78, 5) is 26.5. The Balaban J connectivity index is 2.13. The smallest absolute Gasteiger partial charge is 0.306 e. The van der Waals surface area contributed by atoms with E-state index in [0.717, 1.165) is 25.7 Å². The summed E-state index contributed by atoms with van der Waals surface area (Å²) in [6.45, 7) is 6.72. The van der Waals surface area contributed by atoms with Crippen molar-refractivity contribution in [2.75, 3.05) is 33.8 Å². The third kappa shape index (κ3) is 7.20. The molecule has 180 valence electrons. The normalized spacial score (nSPS) is 15.7. The molecule has 0 N–H and O–H groups in total. The average Bonchev–Trinajstić information content (AvgIpc) is 3.01. The number of amides is 1. The van der Waals surface area contributed by atoms with Gasteiger partial charge in [0.15, 0.2) is 0 Å². The molecule has 1 amide bonds. The molecule has 1 fully saturated rings. The Morgan fingerprint density at radius 1 is 1.09 bits per heavy atom. The van der Waals surface area contributed by atoms with Gasteiger partial charge in [0.2, 0.25) is 10.0 Å². The fourth-order valence-corrected chi connectivity index (χ4v) is 5.15. The Kier molecular flexibility index (Phi) is 9.09. The predicted molar refractivity (Wildman–Crippen MR) is 122 cm³/mol. The van der Waals surface area contributed by atoms with Crippen molar-refractivity contribution in [2.24, 2.45) is 0 Å². The number of hydrogen-bond donors (Lipinski definition) is 0. The van der Waals surface area contributed by atoms with E-state index in [1.165, 1.54) is 34.5 Å². The van der Waals surface area contributed by atoms with Crippen LogP contribution in [-0.4, -0.2) is 68.9 Å². The lowest BCUT2D eigenvalue weighted by atomic mass is 10.1. The van der Waals surface area contributed by atoms with Crippen molar-refractivity contribution in [1.82, 2.24) is 9.21 Å². The van der Waals surface area contributed by atoms with Crippen LogP contribution >= 0.6 is 0 Å². The van der Waals surface area contributed by atoms with Crippen molar-refractivity contribution in [3.63, 3.8) is 0 Å². The van der Waals surface area contributed by atoms with E-state index in [1.807, 2.05) is 0 Å². The van der Waals surface area contributed by atoms with Crippen LogP contribution in [0.1, 0.15) is 69.7 Å². The Hall–Kier alpha value is -2.13. The van der Waals surface area contributed by atoms with E-state index in [9.17, 15) is 18.0 Å². The van der Waals surface area contributed by atoms with Gasteiger partial charge in [-0.1, -0.05) is 12.8 Å². The van der Waals surface area contributed by atoms with E-state index in [4.69, 9.17) is 9.47 Å². The van der Waals surface area contributed by atoms with Crippen molar-refractivity contribution >= 4 is 21.9 Å². The van der Waals surface area contributed by atoms with Crippen LogP contribution in [0.5, 0.6) is 5.75 Å². The Bertz CT molecular complexity index is 900. The van der Waals surface area contributed by atoms with Crippen molar-refractivity contribution in [3.8, 4) is 5.75 Å². The van der Waals surface area contributed by atoms with Crippen molar-refractivity contribution < 1.29 is 27.5 Å². The topological polar surface area (TPSA) is 93.2 Å². The van der Waals surface area contributed by atoms with E-state index in [2.05, 4.69) is 0 Å². The van der Waals surface area contributed by atoms with Gasteiger partial charge in [-0.15, -0.1) is 0 Å². The largest absolute Gasteiger partial charge is 0.496 e. The van der Waals surface area contributed by atoms with Gasteiger partial charge < -0.3 is 14.4 Å². The first kappa shape index (κ1) is 26.1. The third-order valence-corrected chi connectivity index (χ3v) is 7.14. The standard InChI is InChI=1S/C23H36N2O6S/c1-23(2,3)31-21(26)11-10-14-24(4)22(27)19-17-18(12-13-20(19)30-5)32(28,29)25-15-8-6-7-9-16-25/h12-13,17H,6-11,14-16H2,1-5H3. The van der Waals surface area contributed by atoms with E-state index < -0.39 is 15.6 Å². The summed E-state index contributed by atoms with van der Waals surface area (Å²) in [5.41, 5.74) is -0.367. The molecule has 0 saturated carbocycles.